The van der Waals surface area contributed by atoms with Crippen molar-refractivity contribution in [2.24, 2.45) is 0 Å². The van der Waals surface area contributed by atoms with Crippen LogP contribution in [0.2, 0.25) is 0 Å². The third-order valence-electron chi connectivity index (χ3n) is 3.41. The number of halogens is 4. The highest BCUT2D eigenvalue weighted by atomic mass is 79.9. The van der Waals surface area contributed by atoms with Crippen molar-refractivity contribution < 1.29 is 0 Å². The van der Waals surface area contributed by atoms with Gasteiger partial charge in [0.25, 0.3) is 0 Å². The van der Waals surface area contributed by atoms with E-state index in [0.717, 1.165) is 45.8 Å². The predicted octanol–water partition coefficient (Wildman–Crippen LogP) is 4.68. The van der Waals surface area contributed by atoms with Crippen molar-refractivity contribution in [2.45, 2.75) is 19.9 Å². The molecule has 6 nitrogen and oxygen atoms in total. The van der Waals surface area contributed by atoms with E-state index >= 15 is 0 Å². The molecule has 0 radical (unpaired) electrons. The molecule has 3 rings (SSSR count). The molecule has 0 aliphatic carbocycles. The Balaban J connectivity index is 0.00000156. The average molecular weight is 533 g/mol. The monoisotopic (exact) mass is 530 g/mol. The molecule has 0 atom stereocenters. The third-order valence-corrected chi connectivity index (χ3v) is 7.16. The summed E-state index contributed by atoms with van der Waals surface area (Å²) in [5.74, 6) is 0.738. The minimum atomic E-state index is 0. The maximum absolute atomic E-state index is 4.33. The maximum atomic E-state index is 4.33. The number of nitrogens with zero attached hydrogens (tertiary/aromatic N) is 3. The van der Waals surface area contributed by atoms with Crippen LogP contribution in [0.15, 0.2) is 20.5 Å². The largest absolute Gasteiger partial charge is 0.356 e. The molecule has 0 unspecified atom stereocenters. The highest BCUT2D eigenvalue weighted by molar-refractivity contribution is 9.13. The number of thiophene rings is 1. The molecule has 138 valence electrons. The van der Waals surface area contributed by atoms with Crippen molar-refractivity contribution in [3.05, 3.63) is 31.0 Å². The van der Waals surface area contributed by atoms with Crippen LogP contribution in [0.3, 0.4) is 0 Å². The zero-order valence-corrected chi connectivity index (χ0v) is 18.9. The van der Waals surface area contributed by atoms with Crippen molar-refractivity contribution in [1.82, 2.24) is 25.5 Å². The normalized spacial score (nSPS) is 10.4. The Hall–Kier alpha value is -0.450. The van der Waals surface area contributed by atoms with E-state index in [4.69, 9.17) is 0 Å². The summed E-state index contributed by atoms with van der Waals surface area (Å²) in [6.07, 6.45) is 2.66. The first-order valence-electron chi connectivity index (χ1n) is 7.20. The fraction of sp³-hybridized carbons (Fsp3) is 0.357. The lowest BCUT2D eigenvalue weighted by molar-refractivity contribution is 0.666. The van der Waals surface area contributed by atoms with Crippen molar-refractivity contribution in [3.8, 4) is 0 Å². The first-order chi connectivity index (χ1) is 11.1. The second-order valence-corrected chi connectivity index (χ2v) is 8.27. The lowest BCUT2D eigenvalue weighted by Crippen LogP contribution is -2.17. The molecule has 0 amide bonds. The molecule has 0 aliphatic rings. The topological polar surface area (TPSA) is 78.5 Å². The fourth-order valence-corrected chi connectivity index (χ4v) is 4.52. The molecule has 3 N–H and O–H groups in total. The van der Waals surface area contributed by atoms with Crippen molar-refractivity contribution in [2.75, 3.05) is 18.4 Å². The van der Waals surface area contributed by atoms with Gasteiger partial charge in [-0.05, 0) is 63.4 Å². The summed E-state index contributed by atoms with van der Waals surface area (Å²) in [4.78, 5) is 8.86. The summed E-state index contributed by atoms with van der Waals surface area (Å²) in [6, 6.07) is 1.86. The fourth-order valence-electron chi connectivity index (χ4n) is 2.14. The van der Waals surface area contributed by atoms with Gasteiger partial charge in [0.2, 0.25) is 11.6 Å². The van der Waals surface area contributed by atoms with Gasteiger partial charge in [0.05, 0.1) is 15.5 Å². The van der Waals surface area contributed by atoms with Crippen molar-refractivity contribution >= 4 is 85.1 Å². The number of aromatic nitrogens is 4. The van der Waals surface area contributed by atoms with Gasteiger partial charge in [0.1, 0.15) is 0 Å². The quantitative estimate of drug-likeness (QED) is 0.385. The second kappa shape index (κ2) is 10.6. The lowest BCUT2D eigenvalue weighted by atomic mass is 10.3. The van der Waals surface area contributed by atoms with Gasteiger partial charge in [-0.2, -0.15) is 10.1 Å². The lowest BCUT2D eigenvalue weighted by Gasteiger charge is -2.05. The number of anilines is 1. The van der Waals surface area contributed by atoms with Crippen LogP contribution in [0.1, 0.15) is 16.9 Å². The number of hydrogen-bond donors (Lipinski definition) is 3. The second-order valence-electron chi connectivity index (χ2n) is 5.05. The average Bonchev–Trinajstić information content (AvgIpc) is 3.07. The molecule has 11 heteroatoms. The molecule has 25 heavy (non-hydrogen) atoms. The van der Waals surface area contributed by atoms with Crippen LogP contribution < -0.4 is 10.6 Å². The van der Waals surface area contributed by atoms with Crippen LogP contribution in [0.25, 0.3) is 11.2 Å². The standard InChI is InChI=1S/C14H16Br2N6S.2ClH/c1-8-10(23-12(16)11(8)15)7-17-4-2-5-18-14-20-9-3-6-19-22-13(9)21-14;;/h3,6,17H,2,4-5,7H2,1H3,(H2,18,20,21,22);2*1H. The predicted molar refractivity (Wildman–Crippen MR) is 115 cm³/mol. The summed E-state index contributed by atoms with van der Waals surface area (Å²) in [5.41, 5.74) is 2.83. The van der Waals surface area contributed by atoms with Crippen molar-refractivity contribution in [1.29, 1.82) is 0 Å². The Morgan fingerprint density at radius 3 is 2.72 bits per heavy atom. The SMILES string of the molecule is Cc1c(CNCCCNc2nc3nnccc3[nH]2)sc(Br)c1Br.Cl.Cl. The van der Waals surface area contributed by atoms with Crippen LogP contribution >= 0.6 is 68.0 Å². The maximum Gasteiger partial charge on any atom is 0.202 e. The highest BCUT2D eigenvalue weighted by Gasteiger charge is 2.10. The smallest absolute Gasteiger partial charge is 0.202 e. The molecule has 0 aliphatic heterocycles. The number of imidazole rings is 1. The van der Waals surface area contributed by atoms with Gasteiger partial charge in [-0.1, -0.05) is 0 Å². The van der Waals surface area contributed by atoms with Crippen LogP contribution in [-0.4, -0.2) is 33.3 Å². The summed E-state index contributed by atoms with van der Waals surface area (Å²) in [6.45, 7) is 4.81. The number of fused-ring (bicyclic) bond motifs is 1. The van der Waals surface area contributed by atoms with E-state index in [1.54, 1.807) is 17.5 Å². The molecule has 3 aromatic rings. The van der Waals surface area contributed by atoms with Gasteiger partial charge in [-0.25, -0.2) is 0 Å². The van der Waals surface area contributed by atoms with E-state index in [-0.39, 0.29) is 24.8 Å². The Labute approximate surface area is 179 Å². The van der Waals surface area contributed by atoms with Gasteiger partial charge in [-0.3, -0.25) is 0 Å². The minimum absolute atomic E-state index is 0. The first-order valence-corrected chi connectivity index (χ1v) is 9.60. The Morgan fingerprint density at radius 1 is 1.24 bits per heavy atom. The molecular formula is C14H18Br2Cl2N6S. The Kier molecular flexibility index (Phi) is 9.61. The first kappa shape index (κ1) is 22.6. The summed E-state index contributed by atoms with van der Waals surface area (Å²) in [7, 11) is 0. The van der Waals surface area contributed by atoms with Crippen LogP contribution in [0, 0.1) is 6.92 Å². The van der Waals surface area contributed by atoms with E-state index in [0.29, 0.717) is 5.65 Å². The number of hydrogen-bond acceptors (Lipinski definition) is 6. The summed E-state index contributed by atoms with van der Waals surface area (Å²) >= 11 is 8.90. The van der Waals surface area contributed by atoms with Gasteiger partial charge in [-0.15, -0.1) is 41.2 Å². The molecule has 0 fully saturated rings. The van der Waals surface area contributed by atoms with Crippen molar-refractivity contribution in [3.63, 3.8) is 0 Å². The Bertz CT molecular complexity index is 777. The van der Waals surface area contributed by atoms with E-state index in [2.05, 4.69) is 69.6 Å². The Morgan fingerprint density at radius 2 is 2.04 bits per heavy atom. The third kappa shape index (κ3) is 5.77. The zero-order valence-electron chi connectivity index (χ0n) is 13.3. The van der Waals surface area contributed by atoms with Crippen LogP contribution in [0.5, 0.6) is 0 Å². The molecule has 3 aromatic heterocycles. The van der Waals surface area contributed by atoms with Gasteiger partial charge >= 0.3 is 0 Å². The van der Waals surface area contributed by atoms with E-state index in [1.807, 2.05) is 6.07 Å². The van der Waals surface area contributed by atoms with Crippen LogP contribution in [0.4, 0.5) is 5.95 Å². The van der Waals surface area contributed by atoms with E-state index in [1.165, 1.54) is 10.4 Å². The van der Waals surface area contributed by atoms with Gasteiger partial charge in [0, 0.05) is 22.4 Å². The molecule has 0 saturated heterocycles. The van der Waals surface area contributed by atoms with Crippen LogP contribution in [-0.2, 0) is 6.54 Å². The zero-order chi connectivity index (χ0) is 16.2. The van der Waals surface area contributed by atoms with E-state index < -0.39 is 0 Å². The number of nitrogens with one attached hydrogen (secondary N) is 3. The summed E-state index contributed by atoms with van der Waals surface area (Å²) in [5, 5.41) is 14.5. The molecule has 0 bridgehead atoms. The molecule has 0 aromatic carbocycles. The van der Waals surface area contributed by atoms with Gasteiger partial charge in [0.15, 0.2) is 0 Å². The number of rotatable bonds is 7. The summed E-state index contributed by atoms with van der Waals surface area (Å²) < 4.78 is 2.32. The van der Waals surface area contributed by atoms with E-state index in [9.17, 15) is 0 Å². The highest BCUT2D eigenvalue weighted by Crippen LogP contribution is 2.36. The molecule has 3 heterocycles. The molecule has 0 saturated carbocycles. The van der Waals surface area contributed by atoms with Gasteiger partial charge < -0.3 is 15.6 Å². The number of aromatic amines is 1. The minimum Gasteiger partial charge on any atom is -0.356 e. The molecular weight excluding hydrogens is 515 g/mol. The number of H-pyrrole nitrogens is 1. The molecule has 0 spiro atoms.